The van der Waals surface area contributed by atoms with Crippen LogP contribution in [-0.2, 0) is 0 Å². The van der Waals surface area contributed by atoms with Crippen LogP contribution in [0.5, 0.6) is 0 Å². The van der Waals surface area contributed by atoms with Crippen molar-refractivity contribution in [3.63, 3.8) is 0 Å². The van der Waals surface area contributed by atoms with E-state index in [1.54, 1.807) is 0 Å². The highest BCUT2D eigenvalue weighted by Crippen LogP contribution is 2.31. The molecule has 1 aliphatic rings. The summed E-state index contributed by atoms with van der Waals surface area (Å²) in [7, 11) is 0. The molecule has 0 unspecified atom stereocenters. The first-order valence-corrected chi connectivity index (χ1v) is 7.08. The van der Waals surface area contributed by atoms with Gasteiger partial charge in [-0.05, 0) is 36.5 Å². The molecule has 0 saturated carbocycles. The topological polar surface area (TPSA) is 17.3 Å². The zero-order valence-electron chi connectivity index (χ0n) is 8.90. The Kier molecular flexibility index (Phi) is 2.82. The minimum atomic E-state index is 0.639. The van der Waals surface area contributed by atoms with Gasteiger partial charge in [0.1, 0.15) is 5.65 Å². The molecule has 16 heavy (non-hydrogen) atoms. The predicted octanol–water partition coefficient (Wildman–Crippen LogP) is 3.60. The van der Waals surface area contributed by atoms with E-state index >= 15 is 0 Å². The number of rotatable bonds is 1. The monoisotopic (exact) mass is 252 g/mol. The van der Waals surface area contributed by atoms with Crippen LogP contribution in [0.3, 0.4) is 0 Å². The summed E-state index contributed by atoms with van der Waals surface area (Å²) in [6.07, 6.45) is 6.63. The van der Waals surface area contributed by atoms with Crippen molar-refractivity contribution in [3.05, 3.63) is 35.2 Å². The Hall–Kier alpha value is -0.670. The smallest absolute Gasteiger partial charge is 0.138 e. The molecule has 2 nitrogen and oxygen atoms in total. The molecular formula is C12H13ClN2S. The van der Waals surface area contributed by atoms with E-state index < -0.39 is 0 Å². The molecule has 3 heterocycles. The second-order valence-electron chi connectivity index (χ2n) is 4.16. The first-order chi connectivity index (χ1) is 7.83. The normalized spacial score (nSPS) is 18.1. The quantitative estimate of drug-likeness (QED) is 0.772. The van der Waals surface area contributed by atoms with Crippen molar-refractivity contribution in [3.8, 4) is 0 Å². The Morgan fingerprint density at radius 3 is 3.00 bits per heavy atom. The third-order valence-corrected chi connectivity index (χ3v) is 4.36. The van der Waals surface area contributed by atoms with Crippen LogP contribution in [0.25, 0.3) is 5.65 Å². The van der Waals surface area contributed by atoms with Gasteiger partial charge in [-0.3, -0.25) is 0 Å². The van der Waals surface area contributed by atoms with Gasteiger partial charge >= 0.3 is 0 Å². The van der Waals surface area contributed by atoms with E-state index in [4.69, 9.17) is 11.6 Å². The Morgan fingerprint density at radius 2 is 2.19 bits per heavy atom. The molecule has 0 aromatic carbocycles. The molecule has 84 valence electrons. The molecule has 0 N–H and O–H groups in total. The minimum Gasteiger partial charge on any atom is -0.307 e. The lowest BCUT2D eigenvalue weighted by molar-refractivity contribution is 0.623. The fourth-order valence-electron chi connectivity index (χ4n) is 2.17. The third-order valence-electron chi connectivity index (χ3n) is 3.08. The van der Waals surface area contributed by atoms with Crippen LogP contribution >= 0.6 is 23.4 Å². The van der Waals surface area contributed by atoms with Gasteiger partial charge in [0, 0.05) is 23.3 Å². The zero-order valence-corrected chi connectivity index (χ0v) is 10.5. The summed E-state index contributed by atoms with van der Waals surface area (Å²) in [4.78, 5) is 4.67. The molecule has 2 aromatic rings. The van der Waals surface area contributed by atoms with Gasteiger partial charge in [0.15, 0.2) is 0 Å². The maximum atomic E-state index is 5.96. The van der Waals surface area contributed by atoms with E-state index in [1.807, 2.05) is 30.1 Å². The highest BCUT2D eigenvalue weighted by atomic mass is 35.5. The standard InChI is InChI=1S/C12H13ClN2S/c13-10-1-4-15-8-11(14-12(15)7-10)9-2-5-16-6-3-9/h1,4,7-9H,2-3,5-6H2. The van der Waals surface area contributed by atoms with Gasteiger partial charge < -0.3 is 4.40 Å². The molecule has 1 fully saturated rings. The van der Waals surface area contributed by atoms with Crippen LogP contribution in [0.1, 0.15) is 24.5 Å². The summed E-state index contributed by atoms with van der Waals surface area (Å²) in [6.45, 7) is 0. The second kappa shape index (κ2) is 4.30. The summed E-state index contributed by atoms with van der Waals surface area (Å²) >= 11 is 8.00. The average molecular weight is 253 g/mol. The molecule has 1 aliphatic heterocycles. The van der Waals surface area contributed by atoms with Gasteiger partial charge in [-0.2, -0.15) is 11.8 Å². The Bertz CT molecular complexity index is 503. The Balaban J connectivity index is 1.97. The predicted molar refractivity (Wildman–Crippen MR) is 69.5 cm³/mol. The highest BCUT2D eigenvalue weighted by molar-refractivity contribution is 7.99. The van der Waals surface area contributed by atoms with E-state index in [1.165, 1.54) is 30.0 Å². The van der Waals surface area contributed by atoms with E-state index in [9.17, 15) is 0 Å². The van der Waals surface area contributed by atoms with Crippen molar-refractivity contribution in [2.75, 3.05) is 11.5 Å². The third kappa shape index (κ3) is 1.94. The van der Waals surface area contributed by atoms with Crippen LogP contribution in [0.2, 0.25) is 5.02 Å². The molecule has 0 amide bonds. The van der Waals surface area contributed by atoms with Gasteiger partial charge in [-0.1, -0.05) is 11.6 Å². The molecular weight excluding hydrogens is 240 g/mol. The number of fused-ring (bicyclic) bond motifs is 1. The summed E-state index contributed by atoms with van der Waals surface area (Å²) in [5.74, 6) is 3.17. The molecule has 0 radical (unpaired) electrons. The fraction of sp³-hybridized carbons (Fsp3) is 0.417. The molecule has 0 bridgehead atoms. The lowest BCUT2D eigenvalue weighted by Gasteiger charge is -2.18. The first kappa shape index (κ1) is 10.5. The molecule has 0 aliphatic carbocycles. The van der Waals surface area contributed by atoms with Crippen molar-refractivity contribution in [2.24, 2.45) is 0 Å². The Labute approximate surface area is 104 Å². The number of nitrogens with zero attached hydrogens (tertiary/aromatic N) is 2. The number of pyridine rings is 1. The number of aromatic nitrogens is 2. The molecule has 4 heteroatoms. The van der Waals surface area contributed by atoms with Crippen LogP contribution in [0, 0.1) is 0 Å². The van der Waals surface area contributed by atoms with Crippen LogP contribution in [0.15, 0.2) is 24.5 Å². The van der Waals surface area contributed by atoms with E-state index in [0.29, 0.717) is 5.92 Å². The van der Waals surface area contributed by atoms with E-state index in [-0.39, 0.29) is 0 Å². The van der Waals surface area contributed by atoms with Crippen LogP contribution in [0.4, 0.5) is 0 Å². The highest BCUT2D eigenvalue weighted by Gasteiger charge is 2.18. The molecule has 0 atom stereocenters. The number of hydrogen-bond donors (Lipinski definition) is 0. The van der Waals surface area contributed by atoms with Gasteiger partial charge in [0.05, 0.1) is 5.69 Å². The molecule has 0 spiro atoms. The maximum Gasteiger partial charge on any atom is 0.138 e. The van der Waals surface area contributed by atoms with Crippen LogP contribution in [-0.4, -0.2) is 20.9 Å². The summed E-state index contributed by atoms with van der Waals surface area (Å²) in [5.41, 5.74) is 2.18. The van der Waals surface area contributed by atoms with Gasteiger partial charge in [-0.25, -0.2) is 4.98 Å². The number of imidazole rings is 1. The van der Waals surface area contributed by atoms with Crippen molar-refractivity contribution < 1.29 is 0 Å². The average Bonchev–Trinajstić information content (AvgIpc) is 2.73. The second-order valence-corrected chi connectivity index (χ2v) is 5.82. The van der Waals surface area contributed by atoms with E-state index in [2.05, 4.69) is 15.6 Å². The lowest BCUT2D eigenvalue weighted by atomic mass is 10.00. The maximum absolute atomic E-state index is 5.96. The summed E-state index contributed by atoms with van der Waals surface area (Å²) in [5, 5.41) is 0.754. The number of thioether (sulfide) groups is 1. The first-order valence-electron chi connectivity index (χ1n) is 5.55. The number of hydrogen-bond acceptors (Lipinski definition) is 2. The van der Waals surface area contributed by atoms with Gasteiger partial charge in [0.2, 0.25) is 0 Å². The molecule has 1 saturated heterocycles. The van der Waals surface area contributed by atoms with Crippen molar-refractivity contribution in [1.29, 1.82) is 0 Å². The minimum absolute atomic E-state index is 0.639. The summed E-state index contributed by atoms with van der Waals surface area (Å²) < 4.78 is 2.06. The zero-order chi connectivity index (χ0) is 11.0. The van der Waals surface area contributed by atoms with Crippen LogP contribution < -0.4 is 0 Å². The van der Waals surface area contributed by atoms with Crippen molar-refractivity contribution in [1.82, 2.24) is 9.38 Å². The largest absolute Gasteiger partial charge is 0.307 e. The van der Waals surface area contributed by atoms with Gasteiger partial charge in [-0.15, -0.1) is 0 Å². The van der Waals surface area contributed by atoms with Gasteiger partial charge in [0.25, 0.3) is 0 Å². The van der Waals surface area contributed by atoms with E-state index in [0.717, 1.165) is 10.7 Å². The SMILES string of the molecule is Clc1ccn2cc(C3CCSCC3)nc2c1. The van der Waals surface area contributed by atoms with Crippen molar-refractivity contribution in [2.45, 2.75) is 18.8 Å². The lowest BCUT2D eigenvalue weighted by Crippen LogP contribution is -2.07. The van der Waals surface area contributed by atoms with Crippen molar-refractivity contribution >= 4 is 29.0 Å². The Morgan fingerprint density at radius 1 is 1.38 bits per heavy atom. The number of halogens is 1. The molecule has 3 rings (SSSR count). The summed E-state index contributed by atoms with van der Waals surface area (Å²) in [6, 6.07) is 3.82. The fourth-order valence-corrected chi connectivity index (χ4v) is 3.43. The molecule has 2 aromatic heterocycles.